The second-order valence-electron chi connectivity index (χ2n) is 5.47. The Morgan fingerprint density at radius 3 is 2.26 bits per heavy atom. The molecule has 3 rings (SSSR count). The fourth-order valence-electron chi connectivity index (χ4n) is 2.32. The van der Waals surface area contributed by atoms with E-state index in [-0.39, 0.29) is 33.4 Å². The first-order chi connectivity index (χ1) is 12.7. The molecule has 0 aliphatic rings. The lowest BCUT2D eigenvalue weighted by Gasteiger charge is -2.09. The lowest BCUT2D eigenvalue weighted by Crippen LogP contribution is -2.07. The first-order valence-corrected chi connectivity index (χ1v) is 9.41. The highest BCUT2D eigenvalue weighted by Crippen LogP contribution is 2.31. The van der Waals surface area contributed by atoms with E-state index in [1.54, 1.807) is 0 Å². The minimum Gasteiger partial charge on any atom is -0.255 e. The predicted octanol–water partition coefficient (Wildman–Crippen LogP) is 3.41. The lowest BCUT2D eigenvalue weighted by atomic mass is 10.2. The van der Waals surface area contributed by atoms with Gasteiger partial charge in [-0.1, -0.05) is 6.92 Å². The van der Waals surface area contributed by atoms with Crippen LogP contribution in [-0.2, 0) is 16.0 Å². The van der Waals surface area contributed by atoms with E-state index in [0.29, 0.717) is 0 Å². The van der Waals surface area contributed by atoms with Crippen molar-refractivity contribution in [2.75, 3.05) is 5.75 Å². The Balaban J connectivity index is 2.01. The van der Waals surface area contributed by atoms with Crippen LogP contribution in [0, 0.1) is 0 Å². The predicted molar refractivity (Wildman–Crippen MR) is 91.2 cm³/mol. The minimum absolute atomic E-state index is 0.00583. The van der Waals surface area contributed by atoms with E-state index in [9.17, 15) is 21.6 Å². The molecule has 3 aromatic heterocycles. The average Bonchev–Trinajstić information content (AvgIpc) is 2.67. The van der Waals surface area contributed by atoms with Crippen LogP contribution in [-0.4, -0.2) is 34.1 Å². The summed E-state index contributed by atoms with van der Waals surface area (Å²) in [5.41, 5.74) is -0.389. The molecule has 0 bridgehead atoms. The smallest absolute Gasteiger partial charge is 0.255 e. The van der Waals surface area contributed by atoms with Crippen LogP contribution >= 0.6 is 0 Å². The first-order valence-electron chi connectivity index (χ1n) is 7.76. The van der Waals surface area contributed by atoms with Crippen molar-refractivity contribution in [1.82, 2.24) is 19.9 Å². The monoisotopic (exact) mass is 394 g/mol. The molecule has 0 saturated carbocycles. The summed E-state index contributed by atoms with van der Waals surface area (Å²) in [6, 6.07) is 4.66. The van der Waals surface area contributed by atoms with Crippen molar-refractivity contribution >= 4 is 9.84 Å². The summed E-state index contributed by atoms with van der Waals surface area (Å²) in [4.78, 5) is 16.2. The van der Waals surface area contributed by atoms with Gasteiger partial charge in [0.1, 0.15) is 17.1 Å². The highest BCUT2D eigenvalue weighted by atomic mass is 32.2. The zero-order valence-electron chi connectivity index (χ0n) is 14.0. The maximum Gasteiger partial charge on any atom is 0.416 e. The van der Waals surface area contributed by atoms with E-state index < -0.39 is 21.6 Å². The Bertz CT molecular complexity index is 1070. The van der Waals surface area contributed by atoms with Gasteiger partial charge >= 0.3 is 6.18 Å². The van der Waals surface area contributed by atoms with Gasteiger partial charge in [0, 0.05) is 12.4 Å². The summed E-state index contributed by atoms with van der Waals surface area (Å²) in [6.45, 7) is 1.51. The molecule has 0 amide bonds. The second kappa shape index (κ2) is 7.03. The largest absolute Gasteiger partial charge is 0.416 e. The fraction of sp³-hybridized carbons (Fsp3) is 0.176. The van der Waals surface area contributed by atoms with Crippen molar-refractivity contribution in [1.29, 1.82) is 0 Å². The third kappa shape index (κ3) is 3.95. The van der Waals surface area contributed by atoms with Gasteiger partial charge in [0.25, 0.3) is 0 Å². The summed E-state index contributed by atoms with van der Waals surface area (Å²) in [5, 5.41) is 0. The van der Waals surface area contributed by atoms with Crippen LogP contribution in [0.1, 0.15) is 12.5 Å². The molecule has 10 heteroatoms. The summed E-state index contributed by atoms with van der Waals surface area (Å²) >= 11 is 0. The number of rotatable bonds is 4. The molecule has 0 N–H and O–H groups in total. The maximum absolute atomic E-state index is 12.8. The van der Waals surface area contributed by atoms with E-state index in [1.807, 2.05) is 0 Å². The van der Waals surface area contributed by atoms with Gasteiger partial charge < -0.3 is 0 Å². The molecule has 0 saturated heterocycles. The van der Waals surface area contributed by atoms with Crippen molar-refractivity contribution in [3.63, 3.8) is 0 Å². The molecule has 3 aromatic rings. The van der Waals surface area contributed by atoms with Crippen molar-refractivity contribution in [3.8, 4) is 22.8 Å². The Morgan fingerprint density at radius 1 is 0.926 bits per heavy atom. The molecule has 0 radical (unpaired) electrons. The summed E-state index contributed by atoms with van der Waals surface area (Å²) in [6.07, 6.45) is 0.456. The maximum atomic E-state index is 12.8. The number of pyridine rings is 2. The van der Waals surface area contributed by atoms with E-state index in [0.717, 1.165) is 18.3 Å². The number of aromatic nitrogens is 4. The molecule has 0 unspecified atom stereocenters. The number of alkyl halides is 3. The van der Waals surface area contributed by atoms with Crippen LogP contribution in [0.25, 0.3) is 22.8 Å². The van der Waals surface area contributed by atoms with Gasteiger partial charge in [0.2, 0.25) is 0 Å². The molecule has 0 spiro atoms. The molecule has 140 valence electrons. The Kier molecular flexibility index (Phi) is 4.92. The van der Waals surface area contributed by atoms with Crippen molar-refractivity contribution < 1.29 is 21.6 Å². The first kappa shape index (κ1) is 18.9. The van der Waals surface area contributed by atoms with Gasteiger partial charge in [-0.15, -0.1) is 0 Å². The molecule has 27 heavy (non-hydrogen) atoms. The molecule has 0 fully saturated rings. The van der Waals surface area contributed by atoms with Crippen molar-refractivity contribution in [2.45, 2.75) is 18.0 Å². The fourth-order valence-corrected chi connectivity index (χ4v) is 3.37. The quantitative estimate of drug-likeness (QED) is 0.674. The van der Waals surface area contributed by atoms with Crippen LogP contribution in [0.3, 0.4) is 0 Å². The topological polar surface area (TPSA) is 85.7 Å². The number of hydrogen-bond acceptors (Lipinski definition) is 6. The van der Waals surface area contributed by atoms with Crippen LogP contribution in [0.2, 0.25) is 0 Å². The van der Waals surface area contributed by atoms with E-state index in [2.05, 4.69) is 19.9 Å². The number of halogens is 3. The van der Waals surface area contributed by atoms with Gasteiger partial charge in [-0.25, -0.2) is 8.42 Å². The molecule has 0 aliphatic heterocycles. The van der Waals surface area contributed by atoms with Crippen molar-refractivity contribution in [3.05, 3.63) is 54.6 Å². The summed E-state index contributed by atoms with van der Waals surface area (Å²) in [7, 11) is -3.53. The third-order valence-corrected chi connectivity index (χ3v) is 5.49. The zero-order valence-corrected chi connectivity index (χ0v) is 14.8. The molecule has 6 nitrogen and oxygen atoms in total. The van der Waals surface area contributed by atoms with Gasteiger partial charge in [-0.3, -0.25) is 19.9 Å². The van der Waals surface area contributed by atoms with E-state index in [1.165, 1.54) is 37.6 Å². The normalized spacial score (nSPS) is 12.1. The van der Waals surface area contributed by atoms with Gasteiger partial charge in [0.05, 0.1) is 34.3 Å². The number of nitrogens with zero attached hydrogens (tertiary/aromatic N) is 4. The standard InChI is InChI=1S/C17H13F3N4O2S/c1-2-27(25,26)15-4-3-6-22-16(15)14-10-23-13(9-24-14)12-8-11(5-7-21-12)17(18,19)20/h3-10H,2H2,1H3. The van der Waals surface area contributed by atoms with Crippen molar-refractivity contribution in [2.24, 2.45) is 0 Å². The Morgan fingerprint density at radius 2 is 1.63 bits per heavy atom. The van der Waals surface area contributed by atoms with E-state index >= 15 is 0 Å². The average molecular weight is 394 g/mol. The third-order valence-electron chi connectivity index (χ3n) is 3.73. The molecular weight excluding hydrogens is 381 g/mol. The van der Waals surface area contributed by atoms with E-state index in [4.69, 9.17) is 0 Å². The highest BCUT2D eigenvalue weighted by Gasteiger charge is 2.31. The minimum atomic E-state index is -4.50. The zero-order chi connectivity index (χ0) is 19.7. The number of sulfone groups is 1. The SMILES string of the molecule is CCS(=O)(=O)c1cccnc1-c1cnc(-c2cc(C(F)(F)F)ccn2)cn1. The summed E-state index contributed by atoms with van der Waals surface area (Å²) < 4.78 is 62.9. The van der Waals surface area contributed by atoms with Crippen LogP contribution in [0.5, 0.6) is 0 Å². The van der Waals surface area contributed by atoms with Gasteiger partial charge in [0.15, 0.2) is 9.84 Å². The summed E-state index contributed by atoms with van der Waals surface area (Å²) in [5.74, 6) is -0.106. The molecule has 0 aliphatic carbocycles. The van der Waals surface area contributed by atoms with Crippen LogP contribution in [0.15, 0.2) is 53.9 Å². The van der Waals surface area contributed by atoms with Crippen LogP contribution < -0.4 is 0 Å². The van der Waals surface area contributed by atoms with Gasteiger partial charge in [-0.2, -0.15) is 13.2 Å². The van der Waals surface area contributed by atoms with Crippen LogP contribution in [0.4, 0.5) is 13.2 Å². The van der Waals surface area contributed by atoms with Gasteiger partial charge in [-0.05, 0) is 24.3 Å². The molecule has 0 aromatic carbocycles. The second-order valence-corrected chi connectivity index (χ2v) is 7.71. The number of hydrogen-bond donors (Lipinski definition) is 0. The lowest BCUT2D eigenvalue weighted by molar-refractivity contribution is -0.137. The highest BCUT2D eigenvalue weighted by molar-refractivity contribution is 7.91. The molecule has 0 atom stereocenters. The Hall–Kier alpha value is -2.88. The molecule has 3 heterocycles. The Labute approximate surface area is 153 Å². The molecular formula is C17H13F3N4O2S.